The molecule has 0 aliphatic carbocycles. The summed E-state index contributed by atoms with van der Waals surface area (Å²) < 4.78 is 2.20. The minimum atomic E-state index is 0.364. The van der Waals surface area contributed by atoms with Gasteiger partial charge in [0.15, 0.2) is 0 Å². The minimum Gasteiger partial charge on any atom is -0.314 e. The fraction of sp³-hybridized carbons (Fsp3) is 0.818. The molecule has 16 heavy (non-hydrogen) atoms. The predicted octanol–water partition coefficient (Wildman–Crippen LogP) is 0.573. The molecule has 0 amide bonds. The van der Waals surface area contributed by atoms with Gasteiger partial charge in [-0.25, -0.2) is 0 Å². The molecule has 1 N–H and O–H groups in total. The van der Waals surface area contributed by atoms with Crippen LogP contribution in [0.2, 0.25) is 0 Å². The molecule has 1 aliphatic rings. The second-order valence-electron chi connectivity index (χ2n) is 4.31. The van der Waals surface area contributed by atoms with Crippen LogP contribution < -0.4 is 5.32 Å². The summed E-state index contributed by atoms with van der Waals surface area (Å²) in [5.74, 6) is 2.11. The Kier molecular flexibility index (Phi) is 3.56. The summed E-state index contributed by atoms with van der Waals surface area (Å²) >= 11 is 0. The van der Waals surface area contributed by atoms with E-state index in [1.807, 2.05) is 6.92 Å². The Labute approximate surface area is 96.8 Å². The molecule has 0 spiro atoms. The van der Waals surface area contributed by atoms with Gasteiger partial charge >= 0.3 is 0 Å². The minimum absolute atomic E-state index is 0.364. The van der Waals surface area contributed by atoms with Crippen molar-refractivity contribution in [2.75, 3.05) is 26.2 Å². The van der Waals surface area contributed by atoms with Gasteiger partial charge in [-0.2, -0.15) is 0 Å². The van der Waals surface area contributed by atoms with Gasteiger partial charge in [-0.1, -0.05) is 0 Å². The van der Waals surface area contributed by atoms with E-state index < -0.39 is 0 Å². The molecule has 90 valence electrons. The van der Waals surface area contributed by atoms with E-state index in [1.54, 1.807) is 0 Å². The Bertz CT molecular complexity index is 340. The number of aryl methyl sites for hydroxylation is 1. The smallest absolute Gasteiger partial charge is 0.150 e. The van der Waals surface area contributed by atoms with E-state index in [1.165, 1.54) is 0 Å². The fourth-order valence-electron chi connectivity index (χ4n) is 2.33. The zero-order valence-electron chi connectivity index (χ0n) is 10.4. The number of piperazine rings is 1. The second-order valence-corrected chi connectivity index (χ2v) is 4.31. The van der Waals surface area contributed by atoms with Crippen LogP contribution in [-0.4, -0.2) is 45.8 Å². The first-order valence-corrected chi connectivity index (χ1v) is 6.08. The molecule has 1 saturated heterocycles. The third-order valence-corrected chi connectivity index (χ3v) is 3.35. The molecule has 2 rings (SSSR count). The van der Waals surface area contributed by atoms with Gasteiger partial charge in [-0.3, -0.25) is 4.90 Å². The fourth-order valence-corrected chi connectivity index (χ4v) is 2.33. The first kappa shape index (κ1) is 11.5. The maximum absolute atomic E-state index is 4.31. The largest absolute Gasteiger partial charge is 0.314 e. The van der Waals surface area contributed by atoms with Crippen LogP contribution in [0, 0.1) is 6.92 Å². The Morgan fingerprint density at radius 3 is 2.62 bits per heavy atom. The third kappa shape index (κ3) is 2.10. The van der Waals surface area contributed by atoms with E-state index in [-0.39, 0.29) is 0 Å². The summed E-state index contributed by atoms with van der Waals surface area (Å²) in [4.78, 5) is 2.46. The maximum atomic E-state index is 4.31. The van der Waals surface area contributed by atoms with E-state index in [2.05, 4.69) is 38.8 Å². The Morgan fingerprint density at radius 2 is 2.00 bits per heavy atom. The van der Waals surface area contributed by atoms with Crippen molar-refractivity contribution in [2.45, 2.75) is 33.4 Å². The Morgan fingerprint density at radius 1 is 1.31 bits per heavy atom. The molecule has 0 radical (unpaired) electrons. The lowest BCUT2D eigenvalue weighted by atomic mass is 10.2. The lowest BCUT2D eigenvalue weighted by Gasteiger charge is -2.32. The highest BCUT2D eigenvalue weighted by molar-refractivity contribution is 5.00. The molecule has 1 fully saturated rings. The van der Waals surface area contributed by atoms with Crippen molar-refractivity contribution in [2.24, 2.45) is 0 Å². The molecular formula is C11H21N5. The average Bonchev–Trinajstić information content (AvgIpc) is 2.70. The predicted molar refractivity (Wildman–Crippen MR) is 63.3 cm³/mol. The summed E-state index contributed by atoms with van der Waals surface area (Å²) in [7, 11) is 0. The topological polar surface area (TPSA) is 46.0 Å². The number of rotatable bonds is 3. The van der Waals surface area contributed by atoms with Crippen LogP contribution in [0.15, 0.2) is 0 Å². The zero-order chi connectivity index (χ0) is 11.5. The molecule has 1 unspecified atom stereocenters. The van der Waals surface area contributed by atoms with E-state index in [4.69, 9.17) is 0 Å². The standard InChI is InChI=1S/C11H21N5/c1-4-16-10(3)13-14-11(16)9(2)15-7-5-12-6-8-15/h9,12H,4-8H2,1-3H3. The molecule has 5 heteroatoms. The van der Waals surface area contributed by atoms with Gasteiger partial charge in [-0.15, -0.1) is 10.2 Å². The Balaban J connectivity index is 2.15. The van der Waals surface area contributed by atoms with Gasteiger partial charge in [-0.05, 0) is 20.8 Å². The molecule has 0 bridgehead atoms. The highest BCUT2D eigenvalue weighted by Gasteiger charge is 2.22. The van der Waals surface area contributed by atoms with E-state index in [0.29, 0.717) is 6.04 Å². The average molecular weight is 223 g/mol. The van der Waals surface area contributed by atoms with Gasteiger partial charge in [0.2, 0.25) is 0 Å². The van der Waals surface area contributed by atoms with Crippen molar-refractivity contribution < 1.29 is 0 Å². The van der Waals surface area contributed by atoms with Gasteiger partial charge < -0.3 is 9.88 Å². The number of nitrogens with zero attached hydrogens (tertiary/aromatic N) is 4. The van der Waals surface area contributed by atoms with E-state index in [9.17, 15) is 0 Å². The summed E-state index contributed by atoms with van der Waals surface area (Å²) in [6.45, 7) is 11.7. The molecule has 0 saturated carbocycles. The van der Waals surface area contributed by atoms with Crippen molar-refractivity contribution in [1.29, 1.82) is 0 Å². The maximum Gasteiger partial charge on any atom is 0.150 e. The Hall–Kier alpha value is -0.940. The molecule has 1 aliphatic heterocycles. The first-order chi connectivity index (χ1) is 7.74. The summed E-state index contributed by atoms with van der Waals surface area (Å²) in [5.41, 5.74) is 0. The molecular weight excluding hydrogens is 202 g/mol. The van der Waals surface area contributed by atoms with Crippen molar-refractivity contribution >= 4 is 0 Å². The molecule has 1 aromatic heterocycles. The second kappa shape index (κ2) is 4.93. The van der Waals surface area contributed by atoms with Crippen LogP contribution in [0.3, 0.4) is 0 Å². The van der Waals surface area contributed by atoms with Crippen LogP contribution in [0.4, 0.5) is 0 Å². The van der Waals surface area contributed by atoms with Crippen LogP contribution in [0.5, 0.6) is 0 Å². The quantitative estimate of drug-likeness (QED) is 0.814. The number of hydrogen-bond donors (Lipinski definition) is 1. The first-order valence-electron chi connectivity index (χ1n) is 6.08. The van der Waals surface area contributed by atoms with Crippen molar-refractivity contribution in [3.8, 4) is 0 Å². The van der Waals surface area contributed by atoms with E-state index >= 15 is 0 Å². The van der Waals surface area contributed by atoms with Crippen molar-refractivity contribution in [3.63, 3.8) is 0 Å². The lowest BCUT2D eigenvalue weighted by molar-refractivity contribution is 0.175. The normalized spacial score (nSPS) is 19.9. The lowest BCUT2D eigenvalue weighted by Crippen LogP contribution is -2.45. The summed E-state index contributed by atoms with van der Waals surface area (Å²) in [5, 5.41) is 11.9. The number of aromatic nitrogens is 3. The van der Waals surface area contributed by atoms with Gasteiger partial charge in [0, 0.05) is 32.7 Å². The van der Waals surface area contributed by atoms with Crippen LogP contribution in [-0.2, 0) is 6.54 Å². The highest BCUT2D eigenvalue weighted by Crippen LogP contribution is 2.19. The summed E-state index contributed by atoms with van der Waals surface area (Å²) in [6.07, 6.45) is 0. The molecule has 1 atom stereocenters. The number of nitrogens with one attached hydrogen (secondary N) is 1. The molecule has 0 aromatic carbocycles. The summed E-state index contributed by atoms with van der Waals surface area (Å²) in [6, 6.07) is 0.364. The number of hydrogen-bond acceptors (Lipinski definition) is 4. The van der Waals surface area contributed by atoms with Crippen molar-refractivity contribution in [3.05, 3.63) is 11.6 Å². The highest BCUT2D eigenvalue weighted by atomic mass is 15.3. The van der Waals surface area contributed by atoms with Gasteiger partial charge in [0.1, 0.15) is 11.6 Å². The van der Waals surface area contributed by atoms with Gasteiger partial charge in [0.05, 0.1) is 6.04 Å². The molecule has 5 nitrogen and oxygen atoms in total. The molecule has 2 heterocycles. The SMILES string of the molecule is CCn1c(C)nnc1C(C)N1CCNCC1. The van der Waals surface area contributed by atoms with Gasteiger partial charge in [0.25, 0.3) is 0 Å². The van der Waals surface area contributed by atoms with Crippen LogP contribution in [0.1, 0.15) is 31.5 Å². The van der Waals surface area contributed by atoms with Crippen LogP contribution in [0.25, 0.3) is 0 Å². The zero-order valence-corrected chi connectivity index (χ0v) is 10.4. The van der Waals surface area contributed by atoms with Crippen molar-refractivity contribution in [1.82, 2.24) is 25.0 Å². The molecule has 1 aromatic rings. The van der Waals surface area contributed by atoms with Crippen LogP contribution >= 0.6 is 0 Å². The monoisotopic (exact) mass is 223 g/mol. The third-order valence-electron chi connectivity index (χ3n) is 3.35. The van der Waals surface area contributed by atoms with E-state index in [0.717, 1.165) is 44.4 Å².